The van der Waals surface area contributed by atoms with E-state index in [1.54, 1.807) is 0 Å². The number of hydrogen-bond acceptors (Lipinski definition) is 2. The van der Waals surface area contributed by atoms with Crippen LogP contribution in [0.1, 0.15) is 59.3 Å². The molecule has 2 fully saturated rings. The van der Waals surface area contributed by atoms with Crippen molar-refractivity contribution in [2.45, 2.75) is 59.3 Å². The van der Waals surface area contributed by atoms with Crippen LogP contribution in [0.2, 0.25) is 0 Å². The summed E-state index contributed by atoms with van der Waals surface area (Å²) in [7, 11) is 0. The zero-order chi connectivity index (χ0) is 13.9. The molecule has 1 saturated carbocycles. The normalized spacial score (nSPS) is 34.9. The van der Waals surface area contributed by atoms with E-state index in [0.717, 1.165) is 24.3 Å². The van der Waals surface area contributed by atoms with Gasteiger partial charge in [-0.1, -0.05) is 33.6 Å². The standard InChI is InChI=1S/C17H33NO/c1-14(2)16-6-9-18(10-7-16)12-17(13-19)8-4-5-15(3)11-17/h14-16,19H,4-13H2,1-3H3. The van der Waals surface area contributed by atoms with Crippen LogP contribution >= 0.6 is 0 Å². The molecule has 2 rings (SSSR count). The van der Waals surface area contributed by atoms with Crippen LogP contribution in [-0.4, -0.2) is 36.2 Å². The fourth-order valence-electron chi connectivity index (χ4n) is 4.36. The van der Waals surface area contributed by atoms with Crippen molar-refractivity contribution in [3.63, 3.8) is 0 Å². The monoisotopic (exact) mass is 267 g/mol. The maximum Gasteiger partial charge on any atom is 0.0499 e. The van der Waals surface area contributed by atoms with Crippen LogP contribution < -0.4 is 0 Å². The van der Waals surface area contributed by atoms with E-state index in [9.17, 15) is 5.11 Å². The topological polar surface area (TPSA) is 23.5 Å². The zero-order valence-electron chi connectivity index (χ0n) is 13.2. The Balaban J connectivity index is 1.86. The van der Waals surface area contributed by atoms with Gasteiger partial charge in [0.15, 0.2) is 0 Å². The third-order valence-corrected chi connectivity index (χ3v) is 5.65. The lowest BCUT2D eigenvalue weighted by atomic mass is 9.70. The minimum Gasteiger partial charge on any atom is -0.396 e. The van der Waals surface area contributed by atoms with Gasteiger partial charge >= 0.3 is 0 Å². The Bertz CT molecular complexity index is 270. The van der Waals surface area contributed by atoms with E-state index in [-0.39, 0.29) is 5.41 Å². The maximum absolute atomic E-state index is 9.90. The molecule has 0 bridgehead atoms. The molecule has 19 heavy (non-hydrogen) atoms. The van der Waals surface area contributed by atoms with Crippen LogP contribution in [-0.2, 0) is 0 Å². The Morgan fingerprint density at radius 3 is 2.42 bits per heavy atom. The van der Waals surface area contributed by atoms with Gasteiger partial charge in [-0.3, -0.25) is 0 Å². The lowest BCUT2D eigenvalue weighted by Gasteiger charge is -2.44. The summed E-state index contributed by atoms with van der Waals surface area (Å²) >= 11 is 0. The average Bonchev–Trinajstić information content (AvgIpc) is 2.39. The third-order valence-electron chi connectivity index (χ3n) is 5.65. The predicted molar refractivity (Wildman–Crippen MR) is 81.2 cm³/mol. The van der Waals surface area contributed by atoms with Crippen molar-refractivity contribution in [2.24, 2.45) is 23.2 Å². The molecule has 1 aliphatic heterocycles. The maximum atomic E-state index is 9.90. The molecular formula is C17H33NO. The van der Waals surface area contributed by atoms with Crippen molar-refractivity contribution in [3.8, 4) is 0 Å². The fraction of sp³-hybridized carbons (Fsp3) is 1.00. The van der Waals surface area contributed by atoms with Gasteiger partial charge in [-0.15, -0.1) is 0 Å². The summed E-state index contributed by atoms with van der Waals surface area (Å²) < 4.78 is 0. The van der Waals surface area contributed by atoms with Gasteiger partial charge in [0.2, 0.25) is 0 Å². The molecule has 1 aliphatic carbocycles. The fourth-order valence-corrected chi connectivity index (χ4v) is 4.36. The van der Waals surface area contributed by atoms with E-state index in [4.69, 9.17) is 0 Å². The summed E-state index contributed by atoms with van der Waals surface area (Å²) in [4.78, 5) is 2.63. The van der Waals surface area contributed by atoms with Gasteiger partial charge in [0.1, 0.15) is 0 Å². The Morgan fingerprint density at radius 2 is 1.89 bits per heavy atom. The second-order valence-electron chi connectivity index (χ2n) is 7.72. The van der Waals surface area contributed by atoms with Crippen molar-refractivity contribution in [1.29, 1.82) is 0 Å². The molecule has 0 aromatic carbocycles. The van der Waals surface area contributed by atoms with Crippen molar-refractivity contribution < 1.29 is 5.11 Å². The second kappa shape index (κ2) is 6.58. The molecule has 2 nitrogen and oxygen atoms in total. The summed E-state index contributed by atoms with van der Waals surface area (Å²) in [5, 5.41) is 9.90. The number of piperidine rings is 1. The molecule has 0 aromatic heterocycles. The van der Waals surface area contributed by atoms with E-state index in [2.05, 4.69) is 25.7 Å². The molecular weight excluding hydrogens is 234 g/mol. The van der Waals surface area contributed by atoms with Gasteiger partial charge in [0.25, 0.3) is 0 Å². The van der Waals surface area contributed by atoms with Crippen LogP contribution in [0.25, 0.3) is 0 Å². The quantitative estimate of drug-likeness (QED) is 0.842. The van der Waals surface area contributed by atoms with Crippen molar-refractivity contribution in [3.05, 3.63) is 0 Å². The SMILES string of the molecule is CC1CCCC(CO)(CN2CCC(C(C)C)CC2)C1. The number of likely N-dealkylation sites (tertiary alicyclic amines) is 1. The first-order valence-corrected chi connectivity index (χ1v) is 8.38. The number of aliphatic hydroxyl groups excluding tert-OH is 1. The molecule has 2 aliphatic rings. The van der Waals surface area contributed by atoms with Crippen molar-refractivity contribution in [2.75, 3.05) is 26.2 Å². The molecule has 2 atom stereocenters. The van der Waals surface area contributed by atoms with Crippen LogP contribution in [0.5, 0.6) is 0 Å². The summed E-state index contributed by atoms with van der Waals surface area (Å²) in [6.45, 7) is 11.1. The summed E-state index contributed by atoms with van der Waals surface area (Å²) in [6, 6.07) is 0. The second-order valence-corrected chi connectivity index (χ2v) is 7.72. The van der Waals surface area contributed by atoms with Gasteiger partial charge in [0, 0.05) is 18.6 Å². The van der Waals surface area contributed by atoms with Gasteiger partial charge < -0.3 is 10.0 Å². The molecule has 112 valence electrons. The van der Waals surface area contributed by atoms with Gasteiger partial charge in [0.05, 0.1) is 0 Å². The molecule has 1 N–H and O–H groups in total. The van der Waals surface area contributed by atoms with Gasteiger partial charge in [-0.25, -0.2) is 0 Å². The highest BCUT2D eigenvalue weighted by Crippen LogP contribution is 2.40. The smallest absolute Gasteiger partial charge is 0.0499 e. The van der Waals surface area contributed by atoms with Crippen LogP contribution in [0.3, 0.4) is 0 Å². The lowest BCUT2D eigenvalue weighted by Crippen LogP contribution is -2.46. The molecule has 0 spiro atoms. The van der Waals surface area contributed by atoms with E-state index < -0.39 is 0 Å². The first-order chi connectivity index (χ1) is 9.04. The summed E-state index contributed by atoms with van der Waals surface area (Å²) in [5.41, 5.74) is 0.211. The van der Waals surface area contributed by atoms with Gasteiger partial charge in [-0.05, 0) is 56.5 Å². The molecule has 1 heterocycles. The summed E-state index contributed by atoms with van der Waals surface area (Å²) in [5.74, 6) is 2.56. The minimum atomic E-state index is 0.211. The first-order valence-electron chi connectivity index (χ1n) is 8.38. The zero-order valence-corrected chi connectivity index (χ0v) is 13.2. The molecule has 1 saturated heterocycles. The largest absolute Gasteiger partial charge is 0.396 e. The lowest BCUT2D eigenvalue weighted by molar-refractivity contribution is 0.0116. The predicted octanol–water partition coefficient (Wildman–Crippen LogP) is 3.54. The Kier molecular flexibility index (Phi) is 5.30. The Hall–Kier alpha value is -0.0800. The third kappa shape index (κ3) is 3.95. The van der Waals surface area contributed by atoms with Gasteiger partial charge in [-0.2, -0.15) is 0 Å². The molecule has 0 amide bonds. The highest BCUT2D eigenvalue weighted by molar-refractivity contribution is 4.89. The van der Waals surface area contributed by atoms with E-state index in [1.807, 2.05) is 0 Å². The van der Waals surface area contributed by atoms with E-state index in [0.29, 0.717) is 6.61 Å². The van der Waals surface area contributed by atoms with E-state index >= 15 is 0 Å². The minimum absolute atomic E-state index is 0.211. The highest BCUT2D eigenvalue weighted by atomic mass is 16.3. The van der Waals surface area contributed by atoms with Crippen LogP contribution in [0.15, 0.2) is 0 Å². The Morgan fingerprint density at radius 1 is 1.21 bits per heavy atom. The molecule has 0 radical (unpaired) electrons. The van der Waals surface area contributed by atoms with Crippen LogP contribution in [0.4, 0.5) is 0 Å². The number of hydrogen-bond donors (Lipinski definition) is 1. The Labute approximate surface area is 119 Å². The summed E-state index contributed by atoms with van der Waals surface area (Å²) in [6.07, 6.45) is 7.84. The average molecular weight is 267 g/mol. The number of aliphatic hydroxyl groups is 1. The number of nitrogens with zero attached hydrogens (tertiary/aromatic N) is 1. The van der Waals surface area contributed by atoms with Crippen molar-refractivity contribution >= 4 is 0 Å². The molecule has 2 heteroatoms. The molecule has 2 unspecified atom stereocenters. The highest BCUT2D eigenvalue weighted by Gasteiger charge is 2.36. The van der Waals surface area contributed by atoms with E-state index in [1.165, 1.54) is 51.6 Å². The number of rotatable bonds is 4. The first kappa shape index (κ1) is 15.3. The van der Waals surface area contributed by atoms with Crippen LogP contribution in [0, 0.1) is 23.2 Å². The molecule has 0 aromatic rings. The van der Waals surface area contributed by atoms with Crippen molar-refractivity contribution in [1.82, 2.24) is 4.90 Å².